The number of ether oxygens (including phenoxy) is 1. The molecule has 2 nitrogen and oxygen atoms in total. The standard InChI is InChI=1S/C11H21NO/c1-11(4-2-3-5-11)10-12-6-8-13-9-7-12/h2-10H2,1H3. The van der Waals surface area contributed by atoms with Crippen molar-refractivity contribution in [1.82, 2.24) is 4.90 Å². The monoisotopic (exact) mass is 183 g/mol. The van der Waals surface area contributed by atoms with Crippen molar-refractivity contribution in [1.29, 1.82) is 0 Å². The van der Waals surface area contributed by atoms with Gasteiger partial charge in [-0.1, -0.05) is 19.8 Å². The molecule has 1 saturated carbocycles. The van der Waals surface area contributed by atoms with Crippen LogP contribution in [0.4, 0.5) is 0 Å². The fraction of sp³-hybridized carbons (Fsp3) is 1.00. The van der Waals surface area contributed by atoms with Crippen LogP contribution in [-0.2, 0) is 4.74 Å². The molecule has 1 aliphatic heterocycles. The second-order valence-corrected chi connectivity index (χ2v) is 4.91. The SMILES string of the molecule is CC1(CN2CCOCC2)CCCC1. The highest BCUT2D eigenvalue weighted by molar-refractivity contribution is 4.84. The first kappa shape index (κ1) is 9.47. The highest BCUT2D eigenvalue weighted by atomic mass is 16.5. The summed E-state index contributed by atoms with van der Waals surface area (Å²) >= 11 is 0. The van der Waals surface area contributed by atoms with E-state index in [1.807, 2.05) is 0 Å². The maximum Gasteiger partial charge on any atom is 0.0594 e. The van der Waals surface area contributed by atoms with E-state index in [2.05, 4.69) is 11.8 Å². The van der Waals surface area contributed by atoms with Gasteiger partial charge in [0.25, 0.3) is 0 Å². The minimum absolute atomic E-state index is 0.622. The molecule has 0 radical (unpaired) electrons. The minimum atomic E-state index is 0.622. The smallest absolute Gasteiger partial charge is 0.0594 e. The summed E-state index contributed by atoms with van der Waals surface area (Å²) in [6.07, 6.45) is 5.76. The first-order chi connectivity index (χ1) is 6.29. The normalized spacial score (nSPS) is 29.3. The Bertz CT molecular complexity index is 157. The van der Waals surface area contributed by atoms with Gasteiger partial charge in [0.2, 0.25) is 0 Å². The predicted molar refractivity (Wildman–Crippen MR) is 53.8 cm³/mol. The molecule has 1 aliphatic carbocycles. The van der Waals surface area contributed by atoms with Crippen LogP contribution in [0.25, 0.3) is 0 Å². The Balaban J connectivity index is 1.81. The summed E-state index contributed by atoms with van der Waals surface area (Å²) in [7, 11) is 0. The molecule has 2 fully saturated rings. The highest BCUT2D eigenvalue weighted by Crippen LogP contribution is 2.38. The van der Waals surface area contributed by atoms with E-state index in [-0.39, 0.29) is 0 Å². The van der Waals surface area contributed by atoms with E-state index in [0.717, 1.165) is 26.3 Å². The molecular formula is C11H21NO. The number of hydrogen-bond acceptors (Lipinski definition) is 2. The summed E-state index contributed by atoms with van der Waals surface area (Å²) in [5.41, 5.74) is 0.622. The average molecular weight is 183 g/mol. The van der Waals surface area contributed by atoms with Gasteiger partial charge in [0.15, 0.2) is 0 Å². The second kappa shape index (κ2) is 3.97. The van der Waals surface area contributed by atoms with Crippen molar-refractivity contribution in [3.8, 4) is 0 Å². The molecule has 0 bridgehead atoms. The van der Waals surface area contributed by atoms with E-state index in [1.54, 1.807) is 0 Å². The third-order valence-corrected chi connectivity index (χ3v) is 3.52. The topological polar surface area (TPSA) is 12.5 Å². The molecule has 0 unspecified atom stereocenters. The minimum Gasteiger partial charge on any atom is -0.379 e. The van der Waals surface area contributed by atoms with E-state index in [1.165, 1.54) is 32.2 Å². The summed E-state index contributed by atoms with van der Waals surface area (Å²) < 4.78 is 5.36. The van der Waals surface area contributed by atoms with Crippen LogP contribution < -0.4 is 0 Å². The van der Waals surface area contributed by atoms with Crippen molar-refractivity contribution in [2.75, 3.05) is 32.8 Å². The Kier molecular flexibility index (Phi) is 2.89. The lowest BCUT2D eigenvalue weighted by molar-refractivity contribution is 0.0195. The molecular weight excluding hydrogens is 162 g/mol. The zero-order valence-corrected chi connectivity index (χ0v) is 8.72. The van der Waals surface area contributed by atoms with Crippen molar-refractivity contribution >= 4 is 0 Å². The molecule has 0 aromatic rings. The molecule has 0 amide bonds. The maximum absolute atomic E-state index is 5.36. The molecule has 2 rings (SSSR count). The van der Waals surface area contributed by atoms with Crippen LogP contribution in [-0.4, -0.2) is 37.7 Å². The van der Waals surface area contributed by atoms with Crippen molar-refractivity contribution in [3.63, 3.8) is 0 Å². The molecule has 13 heavy (non-hydrogen) atoms. The molecule has 0 spiro atoms. The fourth-order valence-electron chi connectivity index (χ4n) is 2.69. The van der Waals surface area contributed by atoms with Gasteiger partial charge in [-0.15, -0.1) is 0 Å². The third-order valence-electron chi connectivity index (χ3n) is 3.52. The lowest BCUT2D eigenvalue weighted by Gasteiger charge is -2.34. The molecule has 0 aromatic carbocycles. The number of hydrogen-bond donors (Lipinski definition) is 0. The third kappa shape index (κ3) is 2.44. The summed E-state index contributed by atoms with van der Waals surface area (Å²) in [4.78, 5) is 2.58. The lowest BCUT2D eigenvalue weighted by atomic mass is 9.88. The highest BCUT2D eigenvalue weighted by Gasteiger charge is 2.30. The average Bonchev–Trinajstić information content (AvgIpc) is 2.54. The van der Waals surface area contributed by atoms with Gasteiger partial charge in [-0.3, -0.25) is 4.90 Å². The van der Waals surface area contributed by atoms with Gasteiger partial charge in [-0.2, -0.15) is 0 Å². The second-order valence-electron chi connectivity index (χ2n) is 4.91. The van der Waals surface area contributed by atoms with Crippen molar-refractivity contribution in [2.45, 2.75) is 32.6 Å². The van der Waals surface area contributed by atoms with Crippen molar-refractivity contribution < 1.29 is 4.74 Å². The summed E-state index contributed by atoms with van der Waals surface area (Å²) in [6, 6.07) is 0. The summed E-state index contributed by atoms with van der Waals surface area (Å²) in [5, 5.41) is 0. The Hall–Kier alpha value is -0.0800. The van der Waals surface area contributed by atoms with E-state index >= 15 is 0 Å². The molecule has 1 saturated heterocycles. The van der Waals surface area contributed by atoms with Crippen LogP contribution in [0.2, 0.25) is 0 Å². The van der Waals surface area contributed by atoms with Gasteiger partial charge in [0.05, 0.1) is 13.2 Å². The van der Waals surface area contributed by atoms with Gasteiger partial charge in [-0.25, -0.2) is 0 Å². The van der Waals surface area contributed by atoms with Crippen LogP contribution in [0.3, 0.4) is 0 Å². The van der Waals surface area contributed by atoms with Gasteiger partial charge < -0.3 is 4.74 Å². The lowest BCUT2D eigenvalue weighted by Crippen LogP contribution is -2.42. The Morgan fingerprint density at radius 3 is 2.38 bits per heavy atom. The van der Waals surface area contributed by atoms with E-state index in [0.29, 0.717) is 5.41 Å². The summed E-state index contributed by atoms with van der Waals surface area (Å²) in [6.45, 7) is 7.93. The zero-order valence-electron chi connectivity index (χ0n) is 8.72. The number of nitrogens with zero attached hydrogens (tertiary/aromatic N) is 1. The Labute approximate surface area is 81.3 Å². The van der Waals surface area contributed by atoms with Crippen LogP contribution in [0.1, 0.15) is 32.6 Å². The molecule has 2 heteroatoms. The molecule has 0 atom stereocenters. The van der Waals surface area contributed by atoms with E-state index < -0.39 is 0 Å². The van der Waals surface area contributed by atoms with E-state index in [9.17, 15) is 0 Å². The quantitative estimate of drug-likeness (QED) is 0.648. The van der Waals surface area contributed by atoms with Gasteiger partial charge in [0.1, 0.15) is 0 Å². The largest absolute Gasteiger partial charge is 0.379 e. The van der Waals surface area contributed by atoms with Gasteiger partial charge in [-0.05, 0) is 18.3 Å². The summed E-state index contributed by atoms with van der Waals surface area (Å²) in [5.74, 6) is 0. The van der Waals surface area contributed by atoms with Crippen LogP contribution in [0.5, 0.6) is 0 Å². The Morgan fingerprint density at radius 1 is 1.15 bits per heavy atom. The zero-order chi connectivity index (χ0) is 9.15. The predicted octanol–water partition coefficient (Wildman–Crippen LogP) is 1.90. The van der Waals surface area contributed by atoms with Crippen molar-refractivity contribution in [2.24, 2.45) is 5.41 Å². The molecule has 0 aromatic heterocycles. The molecule has 76 valence electrons. The molecule has 0 N–H and O–H groups in total. The first-order valence-corrected chi connectivity index (χ1v) is 5.59. The van der Waals surface area contributed by atoms with Gasteiger partial charge in [0, 0.05) is 19.6 Å². The molecule has 2 aliphatic rings. The number of morpholine rings is 1. The van der Waals surface area contributed by atoms with Crippen molar-refractivity contribution in [3.05, 3.63) is 0 Å². The van der Waals surface area contributed by atoms with E-state index in [4.69, 9.17) is 4.74 Å². The van der Waals surface area contributed by atoms with Crippen LogP contribution in [0, 0.1) is 5.41 Å². The Morgan fingerprint density at radius 2 is 1.77 bits per heavy atom. The van der Waals surface area contributed by atoms with Crippen LogP contribution in [0.15, 0.2) is 0 Å². The number of rotatable bonds is 2. The fourth-order valence-corrected chi connectivity index (χ4v) is 2.69. The van der Waals surface area contributed by atoms with Crippen LogP contribution >= 0.6 is 0 Å². The maximum atomic E-state index is 5.36. The van der Waals surface area contributed by atoms with Gasteiger partial charge >= 0.3 is 0 Å². The first-order valence-electron chi connectivity index (χ1n) is 5.59. The molecule has 1 heterocycles.